The van der Waals surface area contributed by atoms with Crippen LogP contribution in [0.4, 0.5) is 8.78 Å². The molecule has 1 fully saturated rings. The van der Waals surface area contributed by atoms with Gasteiger partial charge in [-0.1, -0.05) is 18.1 Å². The van der Waals surface area contributed by atoms with E-state index < -0.39 is 5.92 Å². The molecule has 0 heterocycles. The van der Waals surface area contributed by atoms with Crippen LogP contribution in [0.25, 0.3) is 0 Å². The molecule has 0 unspecified atom stereocenters. The van der Waals surface area contributed by atoms with Crippen molar-refractivity contribution in [1.82, 2.24) is 0 Å². The van der Waals surface area contributed by atoms with Crippen molar-refractivity contribution in [3.8, 4) is 0 Å². The summed E-state index contributed by atoms with van der Waals surface area (Å²) < 4.78 is 25.4. The average Bonchev–Trinajstić information content (AvgIpc) is 1.89. The molecule has 0 atom stereocenters. The molecule has 2 aliphatic rings. The molecule has 2 heteroatoms. The zero-order chi connectivity index (χ0) is 8.60. The van der Waals surface area contributed by atoms with Gasteiger partial charge in [0.2, 0.25) is 0 Å². The van der Waals surface area contributed by atoms with Crippen LogP contribution < -0.4 is 0 Å². The van der Waals surface area contributed by atoms with Crippen molar-refractivity contribution >= 4 is 0 Å². The molecule has 0 aromatic heterocycles. The quantitative estimate of drug-likeness (QED) is 0.531. The lowest BCUT2D eigenvalue weighted by molar-refractivity contribution is -0.0103. The van der Waals surface area contributed by atoms with Crippen molar-refractivity contribution in [2.75, 3.05) is 0 Å². The smallest absolute Gasteiger partial charge is 0.207 e. The molecule has 2 aliphatic carbocycles. The van der Waals surface area contributed by atoms with Crippen molar-refractivity contribution in [2.45, 2.75) is 44.4 Å². The second kappa shape index (κ2) is 2.82. The standard InChI is InChI=1S/C10H14F2/c11-10(12)6-4-9(5-7-10)8-2-1-3-8/h4,8H,1-3,5-7H2. The van der Waals surface area contributed by atoms with E-state index in [0.29, 0.717) is 12.3 Å². The fourth-order valence-corrected chi connectivity index (χ4v) is 1.96. The van der Waals surface area contributed by atoms with Crippen LogP contribution in [0, 0.1) is 5.92 Å². The number of halogens is 2. The Labute approximate surface area is 71.7 Å². The largest absolute Gasteiger partial charge is 0.251 e. The normalized spacial score (nSPS) is 29.3. The minimum Gasteiger partial charge on any atom is -0.207 e. The monoisotopic (exact) mass is 172 g/mol. The maximum atomic E-state index is 12.7. The minimum absolute atomic E-state index is 0.0150. The van der Waals surface area contributed by atoms with Crippen LogP contribution in [0.1, 0.15) is 38.5 Å². The summed E-state index contributed by atoms with van der Waals surface area (Å²) in [6.45, 7) is 0. The Kier molecular flexibility index (Phi) is 1.93. The molecular formula is C10H14F2. The summed E-state index contributed by atoms with van der Waals surface area (Å²) in [7, 11) is 0. The molecule has 0 spiro atoms. The molecule has 0 N–H and O–H groups in total. The van der Waals surface area contributed by atoms with Gasteiger partial charge in [0.05, 0.1) is 0 Å². The molecular weight excluding hydrogens is 158 g/mol. The van der Waals surface area contributed by atoms with Gasteiger partial charge in [-0.15, -0.1) is 0 Å². The fraction of sp³-hybridized carbons (Fsp3) is 0.800. The summed E-state index contributed by atoms with van der Waals surface area (Å²) in [5.74, 6) is -1.74. The lowest BCUT2D eigenvalue weighted by Crippen LogP contribution is -2.23. The fourth-order valence-electron chi connectivity index (χ4n) is 1.96. The van der Waals surface area contributed by atoms with Crippen LogP contribution in [-0.2, 0) is 0 Å². The number of alkyl halides is 2. The SMILES string of the molecule is FC1(F)CC=C(C2CCC2)CC1. The van der Waals surface area contributed by atoms with Gasteiger partial charge in [0.25, 0.3) is 5.92 Å². The Balaban J connectivity index is 1.97. The van der Waals surface area contributed by atoms with Gasteiger partial charge >= 0.3 is 0 Å². The Morgan fingerprint density at radius 3 is 2.50 bits per heavy atom. The van der Waals surface area contributed by atoms with Gasteiger partial charge in [0.15, 0.2) is 0 Å². The van der Waals surface area contributed by atoms with E-state index >= 15 is 0 Å². The second-order valence-electron chi connectivity index (χ2n) is 3.97. The third-order valence-electron chi connectivity index (χ3n) is 3.07. The molecule has 0 saturated heterocycles. The minimum atomic E-state index is -2.41. The highest BCUT2D eigenvalue weighted by atomic mass is 19.3. The van der Waals surface area contributed by atoms with Gasteiger partial charge in [-0.2, -0.15) is 0 Å². The first kappa shape index (κ1) is 8.21. The molecule has 0 bridgehead atoms. The van der Waals surface area contributed by atoms with E-state index in [4.69, 9.17) is 0 Å². The van der Waals surface area contributed by atoms with Crippen molar-refractivity contribution in [3.63, 3.8) is 0 Å². The summed E-state index contributed by atoms with van der Waals surface area (Å²) in [6, 6.07) is 0. The summed E-state index contributed by atoms with van der Waals surface area (Å²) in [5.41, 5.74) is 1.31. The van der Waals surface area contributed by atoms with Crippen molar-refractivity contribution in [3.05, 3.63) is 11.6 Å². The highest BCUT2D eigenvalue weighted by Crippen LogP contribution is 2.41. The zero-order valence-electron chi connectivity index (χ0n) is 7.15. The van der Waals surface area contributed by atoms with Crippen LogP contribution in [0.5, 0.6) is 0 Å². The number of hydrogen-bond acceptors (Lipinski definition) is 0. The predicted molar refractivity (Wildman–Crippen MR) is 44.2 cm³/mol. The van der Waals surface area contributed by atoms with E-state index in [-0.39, 0.29) is 12.8 Å². The summed E-state index contributed by atoms with van der Waals surface area (Å²) in [4.78, 5) is 0. The van der Waals surface area contributed by atoms with Crippen molar-refractivity contribution < 1.29 is 8.78 Å². The molecule has 0 amide bonds. The molecule has 0 aromatic rings. The highest BCUT2D eigenvalue weighted by Gasteiger charge is 2.33. The van der Waals surface area contributed by atoms with Crippen LogP contribution in [-0.4, -0.2) is 5.92 Å². The van der Waals surface area contributed by atoms with E-state index in [0.717, 1.165) is 0 Å². The van der Waals surface area contributed by atoms with E-state index in [1.165, 1.54) is 24.8 Å². The van der Waals surface area contributed by atoms with Gasteiger partial charge in [-0.3, -0.25) is 0 Å². The zero-order valence-corrected chi connectivity index (χ0v) is 7.15. The molecule has 0 aromatic carbocycles. The molecule has 68 valence electrons. The number of hydrogen-bond donors (Lipinski definition) is 0. The van der Waals surface area contributed by atoms with Gasteiger partial charge in [-0.05, 0) is 25.2 Å². The second-order valence-corrected chi connectivity index (χ2v) is 3.97. The van der Waals surface area contributed by atoms with Crippen LogP contribution in [0.2, 0.25) is 0 Å². The van der Waals surface area contributed by atoms with E-state index in [1.54, 1.807) is 6.08 Å². The maximum Gasteiger partial charge on any atom is 0.251 e. The molecule has 12 heavy (non-hydrogen) atoms. The van der Waals surface area contributed by atoms with Gasteiger partial charge in [-0.25, -0.2) is 8.78 Å². The maximum absolute atomic E-state index is 12.7. The Bertz CT molecular complexity index is 202. The summed E-state index contributed by atoms with van der Waals surface area (Å²) in [5, 5.41) is 0. The molecule has 0 aliphatic heterocycles. The van der Waals surface area contributed by atoms with Crippen molar-refractivity contribution in [2.24, 2.45) is 5.92 Å². The Morgan fingerprint density at radius 2 is 2.08 bits per heavy atom. The first-order chi connectivity index (χ1) is 5.67. The molecule has 0 nitrogen and oxygen atoms in total. The predicted octanol–water partition coefficient (Wildman–Crippen LogP) is 3.53. The summed E-state index contributed by atoms with van der Waals surface area (Å²) in [6.07, 6.45) is 6.24. The number of rotatable bonds is 1. The lowest BCUT2D eigenvalue weighted by atomic mass is 9.75. The van der Waals surface area contributed by atoms with Crippen LogP contribution >= 0.6 is 0 Å². The van der Waals surface area contributed by atoms with Crippen molar-refractivity contribution in [1.29, 1.82) is 0 Å². The third kappa shape index (κ3) is 1.52. The molecule has 1 saturated carbocycles. The topological polar surface area (TPSA) is 0 Å². The Hall–Kier alpha value is -0.400. The lowest BCUT2D eigenvalue weighted by Gasteiger charge is -2.32. The van der Waals surface area contributed by atoms with Crippen LogP contribution in [0.15, 0.2) is 11.6 Å². The number of allylic oxidation sites excluding steroid dienone is 2. The first-order valence-electron chi connectivity index (χ1n) is 4.74. The van der Waals surface area contributed by atoms with Gasteiger partial charge < -0.3 is 0 Å². The third-order valence-corrected chi connectivity index (χ3v) is 3.07. The van der Waals surface area contributed by atoms with Gasteiger partial charge in [0, 0.05) is 12.8 Å². The van der Waals surface area contributed by atoms with E-state index in [1.807, 2.05) is 0 Å². The molecule has 0 radical (unpaired) electrons. The first-order valence-corrected chi connectivity index (χ1v) is 4.74. The summed E-state index contributed by atoms with van der Waals surface area (Å²) >= 11 is 0. The van der Waals surface area contributed by atoms with Crippen LogP contribution in [0.3, 0.4) is 0 Å². The van der Waals surface area contributed by atoms with E-state index in [9.17, 15) is 8.78 Å². The van der Waals surface area contributed by atoms with E-state index in [2.05, 4.69) is 0 Å². The highest BCUT2D eigenvalue weighted by molar-refractivity contribution is 5.14. The Morgan fingerprint density at radius 1 is 1.33 bits per heavy atom. The molecule has 2 rings (SSSR count). The van der Waals surface area contributed by atoms with Gasteiger partial charge in [0.1, 0.15) is 0 Å². The average molecular weight is 172 g/mol.